The lowest BCUT2D eigenvalue weighted by Gasteiger charge is -2.37. The van der Waals surface area contributed by atoms with E-state index in [1.165, 1.54) is 11.2 Å². The van der Waals surface area contributed by atoms with Gasteiger partial charge in [-0.2, -0.15) is 9.97 Å². The number of carbonyl (C=O) groups excluding carboxylic acids is 2. The fourth-order valence-corrected chi connectivity index (χ4v) is 9.05. The van der Waals surface area contributed by atoms with Crippen LogP contribution in [0.15, 0.2) is 96.2 Å². The average Bonchev–Trinajstić information content (AvgIpc) is 3.79. The molecule has 14 nitrogen and oxygen atoms in total. The van der Waals surface area contributed by atoms with Crippen LogP contribution in [0.5, 0.6) is 5.88 Å². The number of amides is 2. The number of hydrogen-bond acceptors (Lipinski definition) is 12. The van der Waals surface area contributed by atoms with Crippen LogP contribution in [-0.4, -0.2) is 73.0 Å². The lowest BCUT2D eigenvalue weighted by atomic mass is 10.2. The Morgan fingerprint density at radius 3 is 2.19 bits per heavy atom. The molecule has 6 rings (SSSR count). The number of aryl methyl sites for hydroxylation is 1. The van der Waals surface area contributed by atoms with Crippen molar-refractivity contribution >= 4 is 68.5 Å². The molecule has 58 heavy (non-hydrogen) atoms. The molecule has 1 fully saturated rings. The molecule has 2 aromatic heterocycles. The molecule has 0 aliphatic carbocycles. The molecule has 1 N–H and O–H groups in total. The van der Waals surface area contributed by atoms with Crippen molar-refractivity contribution < 1.29 is 36.6 Å². The number of carbonyl (C=O) groups is 2. The number of rotatable bonds is 14. The first-order valence-electron chi connectivity index (χ1n) is 19.0. The topological polar surface area (TPSA) is 164 Å². The van der Waals surface area contributed by atoms with E-state index in [0.717, 1.165) is 5.56 Å². The molecule has 3 atom stereocenters. The number of imidazole rings is 1. The maximum absolute atomic E-state index is 14.1. The molecular weight excluding hydrogens is 797 g/mol. The van der Waals surface area contributed by atoms with Gasteiger partial charge >= 0.3 is 6.09 Å². The molecule has 2 amide bonds. The Hall–Kier alpha value is -4.65. The van der Waals surface area contributed by atoms with Gasteiger partial charge < -0.3 is 18.6 Å². The Morgan fingerprint density at radius 1 is 0.983 bits per heavy atom. The van der Waals surface area contributed by atoms with Gasteiger partial charge in [-0.25, -0.2) is 23.1 Å². The SMILES string of the molecule is Cc1ccc(S(=O)(=O)SCO[C@H]2C[C@H](n3cnc4c(OC(=O)N(c5ccccc5)c5ccccc5)nc(NC(=O)C(C)C)nc43)O[C@@H]2CO[Si](C)(C)C(C)(C)C)cc1. The fourth-order valence-electron chi connectivity index (χ4n) is 5.78. The monoisotopic (exact) mass is 846 g/mol. The maximum Gasteiger partial charge on any atom is 0.425 e. The molecule has 308 valence electrons. The van der Waals surface area contributed by atoms with Crippen LogP contribution >= 0.6 is 10.8 Å². The van der Waals surface area contributed by atoms with Gasteiger partial charge in [-0.15, -0.1) is 0 Å². The van der Waals surface area contributed by atoms with Crippen LogP contribution in [0.1, 0.15) is 52.8 Å². The quantitative estimate of drug-likeness (QED) is 0.0643. The van der Waals surface area contributed by atoms with Crippen molar-refractivity contribution in [3.05, 3.63) is 96.8 Å². The maximum atomic E-state index is 14.1. The summed E-state index contributed by atoms with van der Waals surface area (Å²) in [6.45, 7) is 16.3. The van der Waals surface area contributed by atoms with Gasteiger partial charge in [0.05, 0.1) is 35.3 Å². The number of fused-ring (bicyclic) bond motifs is 1. The van der Waals surface area contributed by atoms with Crippen molar-refractivity contribution in [1.29, 1.82) is 0 Å². The summed E-state index contributed by atoms with van der Waals surface area (Å²) in [6, 6.07) is 24.7. The number of ether oxygens (including phenoxy) is 3. The van der Waals surface area contributed by atoms with Gasteiger partial charge in [-0.3, -0.25) is 14.7 Å². The van der Waals surface area contributed by atoms with E-state index in [4.69, 9.17) is 18.6 Å². The van der Waals surface area contributed by atoms with Gasteiger partial charge in [0.25, 0.3) is 5.88 Å². The Morgan fingerprint density at radius 2 is 1.60 bits per heavy atom. The Balaban J connectivity index is 1.32. The van der Waals surface area contributed by atoms with E-state index in [1.54, 1.807) is 66.9 Å². The fraction of sp³-hybridized carbons (Fsp3) is 0.390. The number of nitrogens with zero attached hydrogens (tertiary/aromatic N) is 5. The van der Waals surface area contributed by atoms with E-state index in [0.29, 0.717) is 22.2 Å². The third-order valence-corrected chi connectivity index (χ3v) is 17.9. The molecule has 0 spiro atoms. The van der Waals surface area contributed by atoms with Gasteiger partial charge in [0.15, 0.2) is 19.5 Å². The minimum atomic E-state index is -3.69. The lowest BCUT2D eigenvalue weighted by Crippen LogP contribution is -2.44. The van der Waals surface area contributed by atoms with E-state index in [-0.39, 0.29) is 57.8 Å². The first-order valence-corrected chi connectivity index (χ1v) is 24.9. The highest BCUT2D eigenvalue weighted by molar-refractivity contribution is 8.72. The van der Waals surface area contributed by atoms with E-state index < -0.39 is 47.6 Å². The van der Waals surface area contributed by atoms with E-state index >= 15 is 0 Å². The predicted molar refractivity (Wildman–Crippen MR) is 227 cm³/mol. The molecule has 0 unspecified atom stereocenters. The van der Waals surface area contributed by atoms with Gasteiger partial charge in [-0.1, -0.05) is 88.7 Å². The molecule has 1 aliphatic rings. The third-order valence-electron chi connectivity index (χ3n) is 10.2. The van der Waals surface area contributed by atoms with Gasteiger partial charge in [0, 0.05) is 23.1 Å². The second-order valence-electron chi connectivity index (χ2n) is 15.8. The minimum absolute atomic E-state index is 0.0714. The van der Waals surface area contributed by atoms with Crippen LogP contribution in [0.2, 0.25) is 18.1 Å². The van der Waals surface area contributed by atoms with E-state index in [1.807, 2.05) is 43.3 Å². The Kier molecular flexibility index (Phi) is 13.1. The van der Waals surface area contributed by atoms with Crippen molar-refractivity contribution in [2.75, 3.05) is 22.8 Å². The van der Waals surface area contributed by atoms with Crippen molar-refractivity contribution in [1.82, 2.24) is 19.5 Å². The molecule has 3 heterocycles. The van der Waals surface area contributed by atoms with Crippen molar-refractivity contribution in [2.24, 2.45) is 5.92 Å². The molecule has 5 aromatic rings. The molecule has 3 aromatic carbocycles. The van der Waals surface area contributed by atoms with E-state index in [9.17, 15) is 18.0 Å². The summed E-state index contributed by atoms with van der Waals surface area (Å²) >= 11 is 0. The van der Waals surface area contributed by atoms with Crippen LogP contribution in [0.25, 0.3) is 11.2 Å². The summed E-state index contributed by atoms with van der Waals surface area (Å²) in [7, 11) is -5.21. The number of para-hydroxylation sites is 2. The van der Waals surface area contributed by atoms with Crippen LogP contribution < -0.4 is 15.0 Å². The summed E-state index contributed by atoms with van der Waals surface area (Å²) in [6.07, 6.45) is -0.836. The number of nitrogens with one attached hydrogen (secondary N) is 1. The molecule has 0 radical (unpaired) electrons. The smallest absolute Gasteiger partial charge is 0.414 e. The first-order chi connectivity index (χ1) is 27.4. The predicted octanol–water partition coefficient (Wildman–Crippen LogP) is 8.84. The highest BCUT2D eigenvalue weighted by atomic mass is 33.1. The van der Waals surface area contributed by atoms with E-state index in [2.05, 4.69) is 54.1 Å². The normalized spacial score (nSPS) is 17.4. The van der Waals surface area contributed by atoms with Gasteiger partial charge in [-0.05, 0) is 61.5 Å². The zero-order valence-corrected chi connectivity index (χ0v) is 36.5. The Labute approximate surface area is 344 Å². The summed E-state index contributed by atoms with van der Waals surface area (Å²) in [5, 5.41) is 2.66. The van der Waals surface area contributed by atoms with Crippen LogP contribution in [0.3, 0.4) is 0 Å². The number of hydrogen-bond donors (Lipinski definition) is 1. The van der Waals surface area contributed by atoms with Crippen molar-refractivity contribution in [2.45, 2.75) is 89.4 Å². The lowest BCUT2D eigenvalue weighted by molar-refractivity contribution is -0.118. The Bertz CT molecular complexity index is 2280. The largest absolute Gasteiger partial charge is 0.425 e. The second-order valence-corrected chi connectivity index (χ2v) is 24.5. The van der Waals surface area contributed by atoms with Crippen LogP contribution in [-0.2, 0) is 27.6 Å². The minimum Gasteiger partial charge on any atom is -0.414 e. The summed E-state index contributed by atoms with van der Waals surface area (Å²) in [5.41, 5.74) is 2.46. The molecule has 0 saturated carbocycles. The molecule has 1 aliphatic heterocycles. The summed E-state index contributed by atoms with van der Waals surface area (Å²) in [4.78, 5) is 42.3. The second kappa shape index (κ2) is 17.7. The zero-order chi connectivity index (χ0) is 41.8. The highest BCUT2D eigenvalue weighted by Crippen LogP contribution is 2.40. The molecule has 17 heteroatoms. The number of aromatic nitrogens is 4. The zero-order valence-electron chi connectivity index (χ0n) is 33.9. The summed E-state index contributed by atoms with van der Waals surface area (Å²) in [5.74, 6) is -1.16. The molecule has 1 saturated heterocycles. The highest BCUT2D eigenvalue weighted by Gasteiger charge is 2.43. The van der Waals surface area contributed by atoms with Crippen molar-refractivity contribution in [3.63, 3.8) is 0 Å². The molecule has 0 bridgehead atoms. The van der Waals surface area contributed by atoms with Gasteiger partial charge in [0.1, 0.15) is 18.3 Å². The van der Waals surface area contributed by atoms with Crippen LogP contribution in [0.4, 0.5) is 22.1 Å². The first kappa shape index (κ1) is 42.9. The van der Waals surface area contributed by atoms with Crippen molar-refractivity contribution in [3.8, 4) is 5.88 Å². The summed E-state index contributed by atoms with van der Waals surface area (Å²) < 4.78 is 53.5. The average molecular weight is 847 g/mol. The van der Waals surface area contributed by atoms with Crippen LogP contribution in [0, 0.1) is 12.8 Å². The standard InChI is InChI=1S/C41H50N6O8S2Si/c1-27(2)37(48)44-39-43-36-35(38(45-39)55-40(49)47(29-15-11-9-12-16-29)30-17-13-10-14-18-30)42-25-46(36)34-23-32(33(54-34)24-53-58(7,8)41(4,5)6)52-26-56-57(50,51)31-21-19-28(3)20-22-31/h9-22,25,27,32-34H,23-24,26H2,1-8H3,(H,43,44,45,48)/t32-,33+,34+/m0/s1. The number of benzene rings is 3. The number of anilines is 3. The molecular formula is C41H50N6O8S2Si. The van der Waals surface area contributed by atoms with Gasteiger partial charge in [0.2, 0.25) is 20.7 Å². The third kappa shape index (κ3) is 9.95.